The third kappa shape index (κ3) is 2.65. The van der Waals surface area contributed by atoms with Crippen LogP contribution in [0.2, 0.25) is 0 Å². The summed E-state index contributed by atoms with van der Waals surface area (Å²) in [5.41, 5.74) is 0.557. The van der Waals surface area contributed by atoms with Crippen LogP contribution >= 0.6 is 11.3 Å². The molecule has 0 spiro atoms. The summed E-state index contributed by atoms with van der Waals surface area (Å²) in [5.74, 6) is -0.233. The van der Waals surface area contributed by atoms with Crippen LogP contribution in [0.1, 0.15) is 48.2 Å². The average Bonchev–Trinajstić information content (AvgIpc) is 3.49. The number of hydrogen-bond donors (Lipinski definition) is 0. The molecule has 3 aliphatic rings. The molecule has 0 radical (unpaired) electrons. The van der Waals surface area contributed by atoms with Gasteiger partial charge in [0.2, 0.25) is 5.91 Å². The molecule has 1 atom stereocenters. The summed E-state index contributed by atoms with van der Waals surface area (Å²) in [5, 5.41) is 3.08. The van der Waals surface area contributed by atoms with E-state index in [1.165, 1.54) is 18.6 Å². The van der Waals surface area contributed by atoms with Gasteiger partial charge in [-0.1, -0.05) is 31.4 Å². The molecule has 4 heterocycles. The number of benzene rings is 1. The molecule has 160 valence electrons. The summed E-state index contributed by atoms with van der Waals surface area (Å²) < 4.78 is 15.9. The van der Waals surface area contributed by atoms with Crippen molar-refractivity contribution in [3.8, 4) is 0 Å². The zero-order chi connectivity index (χ0) is 21.2. The fourth-order valence-electron chi connectivity index (χ4n) is 5.81. The van der Waals surface area contributed by atoms with E-state index >= 15 is 0 Å². The van der Waals surface area contributed by atoms with Gasteiger partial charge >= 0.3 is 0 Å². The molecule has 2 fully saturated rings. The van der Waals surface area contributed by atoms with Crippen molar-refractivity contribution < 1.29 is 14.0 Å². The number of rotatable bonds is 2. The second-order valence-electron chi connectivity index (χ2n) is 8.90. The van der Waals surface area contributed by atoms with Crippen molar-refractivity contribution in [2.75, 3.05) is 13.1 Å². The second kappa shape index (κ2) is 6.92. The van der Waals surface area contributed by atoms with E-state index in [2.05, 4.69) is 4.57 Å². The Morgan fingerprint density at radius 1 is 1.06 bits per heavy atom. The Balaban J connectivity index is 1.52. The predicted octanol–water partition coefficient (Wildman–Crippen LogP) is 4.57. The third-order valence-electron chi connectivity index (χ3n) is 7.31. The lowest BCUT2D eigenvalue weighted by Gasteiger charge is -2.48. The van der Waals surface area contributed by atoms with Crippen LogP contribution in [-0.4, -0.2) is 39.3 Å². The SMILES string of the molecule is O=C1c2cc3ccsc3n2CC2(c3ccc(F)cc3)N1CCN2C(=O)C1CCCCC1. The van der Waals surface area contributed by atoms with E-state index in [1.807, 2.05) is 27.3 Å². The molecule has 1 aromatic carbocycles. The molecule has 3 aromatic rings. The molecular formula is C24H24FN3O2S. The van der Waals surface area contributed by atoms with E-state index in [0.717, 1.165) is 41.5 Å². The van der Waals surface area contributed by atoms with Crippen LogP contribution in [0.3, 0.4) is 0 Å². The number of carbonyl (C=O) groups is 2. The molecule has 6 rings (SSSR count). The van der Waals surface area contributed by atoms with Gasteiger partial charge in [-0.15, -0.1) is 11.3 Å². The molecule has 2 aromatic heterocycles. The van der Waals surface area contributed by atoms with Crippen molar-refractivity contribution in [2.24, 2.45) is 5.92 Å². The first kappa shape index (κ1) is 19.0. The summed E-state index contributed by atoms with van der Waals surface area (Å²) in [6.45, 7) is 1.48. The first-order valence-corrected chi connectivity index (χ1v) is 11.9. The third-order valence-corrected chi connectivity index (χ3v) is 8.26. The van der Waals surface area contributed by atoms with Crippen LogP contribution in [0.5, 0.6) is 0 Å². The van der Waals surface area contributed by atoms with Gasteiger partial charge in [-0.05, 0) is 42.5 Å². The van der Waals surface area contributed by atoms with Gasteiger partial charge in [0.25, 0.3) is 5.91 Å². The largest absolute Gasteiger partial charge is 0.324 e. The number of nitrogens with zero attached hydrogens (tertiary/aromatic N) is 3. The van der Waals surface area contributed by atoms with Crippen molar-refractivity contribution in [2.45, 2.75) is 44.3 Å². The average molecular weight is 438 g/mol. The van der Waals surface area contributed by atoms with Gasteiger partial charge in [0, 0.05) is 30.0 Å². The lowest BCUT2D eigenvalue weighted by atomic mass is 9.86. The van der Waals surface area contributed by atoms with Gasteiger partial charge in [0.1, 0.15) is 16.3 Å². The Hall–Kier alpha value is -2.67. The number of halogens is 1. The molecule has 2 aliphatic heterocycles. The number of carbonyl (C=O) groups excluding carboxylic acids is 2. The van der Waals surface area contributed by atoms with Gasteiger partial charge < -0.3 is 14.4 Å². The lowest BCUT2D eigenvalue weighted by molar-refractivity contribution is -0.146. The van der Waals surface area contributed by atoms with Gasteiger partial charge in [-0.25, -0.2) is 4.39 Å². The highest BCUT2D eigenvalue weighted by Crippen LogP contribution is 2.46. The number of fused-ring (bicyclic) bond motifs is 4. The Labute approximate surface area is 184 Å². The Morgan fingerprint density at radius 3 is 2.61 bits per heavy atom. The highest BCUT2D eigenvalue weighted by molar-refractivity contribution is 7.16. The second-order valence-corrected chi connectivity index (χ2v) is 9.80. The maximum Gasteiger partial charge on any atom is 0.272 e. The molecule has 1 saturated carbocycles. The number of aromatic nitrogens is 1. The van der Waals surface area contributed by atoms with E-state index in [9.17, 15) is 14.0 Å². The molecule has 7 heteroatoms. The predicted molar refractivity (Wildman–Crippen MR) is 117 cm³/mol. The maximum absolute atomic E-state index is 13.8. The minimum Gasteiger partial charge on any atom is -0.324 e. The summed E-state index contributed by atoms with van der Waals surface area (Å²) in [6, 6.07) is 10.3. The van der Waals surface area contributed by atoms with Crippen LogP contribution in [0.15, 0.2) is 41.8 Å². The summed E-state index contributed by atoms with van der Waals surface area (Å²) >= 11 is 1.61. The van der Waals surface area contributed by atoms with Crippen LogP contribution in [0.25, 0.3) is 10.2 Å². The maximum atomic E-state index is 13.8. The summed E-state index contributed by atoms with van der Waals surface area (Å²) in [7, 11) is 0. The molecule has 1 saturated heterocycles. The van der Waals surface area contributed by atoms with E-state index < -0.39 is 5.66 Å². The molecule has 1 aliphatic carbocycles. The van der Waals surface area contributed by atoms with E-state index in [4.69, 9.17) is 0 Å². The first-order valence-electron chi connectivity index (χ1n) is 11.1. The van der Waals surface area contributed by atoms with E-state index in [0.29, 0.717) is 25.3 Å². The van der Waals surface area contributed by atoms with Crippen LogP contribution in [-0.2, 0) is 17.0 Å². The number of amides is 2. The molecule has 0 bridgehead atoms. The Morgan fingerprint density at radius 2 is 1.84 bits per heavy atom. The van der Waals surface area contributed by atoms with Crippen molar-refractivity contribution in [3.63, 3.8) is 0 Å². The topological polar surface area (TPSA) is 45.6 Å². The smallest absolute Gasteiger partial charge is 0.272 e. The minimum atomic E-state index is -0.914. The molecule has 1 unspecified atom stereocenters. The standard InChI is InChI=1S/C24H24FN3O2S/c25-19-8-6-18(7-9-19)24-15-26-20(14-17-10-13-31-23(17)26)22(30)28(24)12-11-27(24)21(29)16-4-2-1-3-5-16/h6-10,13-14,16H,1-5,11-12,15H2. The van der Waals surface area contributed by atoms with Gasteiger partial charge in [0.05, 0.1) is 6.54 Å². The monoisotopic (exact) mass is 437 g/mol. The normalized spacial score (nSPS) is 24.0. The van der Waals surface area contributed by atoms with E-state index in [-0.39, 0.29) is 23.5 Å². The quantitative estimate of drug-likeness (QED) is 0.589. The molecule has 31 heavy (non-hydrogen) atoms. The van der Waals surface area contributed by atoms with Crippen molar-refractivity contribution in [3.05, 3.63) is 58.9 Å². The van der Waals surface area contributed by atoms with Gasteiger partial charge in [-0.2, -0.15) is 0 Å². The van der Waals surface area contributed by atoms with Crippen molar-refractivity contribution in [1.29, 1.82) is 0 Å². The summed E-state index contributed by atoms with van der Waals surface area (Å²) in [6.07, 6.45) is 5.15. The first-order chi connectivity index (χ1) is 15.1. The summed E-state index contributed by atoms with van der Waals surface area (Å²) in [4.78, 5) is 32.2. The van der Waals surface area contributed by atoms with Crippen molar-refractivity contribution >= 4 is 33.4 Å². The molecule has 2 amide bonds. The molecule has 0 N–H and O–H groups in total. The Kier molecular flexibility index (Phi) is 4.25. The van der Waals surface area contributed by atoms with E-state index in [1.54, 1.807) is 23.5 Å². The minimum absolute atomic E-state index is 0.00828. The fraction of sp³-hybridized carbons (Fsp3) is 0.417. The van der Waals surface area contributed by atoms with Crippen LogP contribution < -0.4 is 0 Å². The number of hydrogen-bond acceptors (Lipinski definition) is 3. The Bertz CT molecular complexity index is 1180. The van der Waals surface area contributed by atoms with Crippen LogP contribution in [0, 0.1) is 11.7 Å². The number of thiophene rings is 1. The van der Waals surface area contributed by atoms with Gasteiger partial charge in [0.15, 0.2) is 5.66 Å². The molecular weight excluding hydrogens is 413 g/mol. The van der Waals surface area contributed by atoms with Gasteiger partial charge in [-0.3, -0.25) is 9.59 Å². The highest BCUT2D eigenvalue weighted by Gasteiger charge is 2.57. The molecule has 5 nitrogen and oxygen atoms in total. The van der Waals surface area contributed by atoms with Crippen molar-refractivity contribution in [1.82, 2.24) is 14.4 Å². The fourth-order valence-corrected chi connectivity index (χ4v) is 6.70. The highest BCUT2D eigenvalue weighted by atomic mass is 32.1. The van der Waals surface area contributed by atoms with Crippen LogP contribution in [0.4, 0.5) is 4.39 Å². The zero-order valence-corrected chi connectivity index (χ0v) is 18.0. The lowest BCUT2D eigenvalue weighted by Crippen LogP contribution is -2.60. The zero-order valence-electron chi connectivity index (χ0n) is 17.2.